The molecule has 1 unspecified atom stereocenters. The topological polar surface area (TPSA) is 114 Å². The van der Waals surface area contributed by atoms with Crippen LogP contribution in [0.1, 0.15) is 28.5 Å². The van der Waals surface area contributed by atoms with Gasteiger partial charge >= 0.3 is 0 Å². The first-order chi connectivity index (χ1) is 14.8. The Morgan fingerprint density at radius 2 is 1.84 bits per heavy atom. The van der Waals surface area contributed by atoms with E-state index in [9.17, 15) is 24.8 Å². The molecule has 156 valence electrons. The molecular formula is C23H18N2O6. The minimum Gasteiger partial charge on any atom is -0.507 e. The van der Waals surface area contributed by atoms with E-state index in [2.05, 4.69) is 0 Å². The van der Waals surface area contributed by atoms with Gasteiger partial charge in [-0.1, -0.05) is 24.3 Å². The number of aliphatic hydroxyl groups excluding tert-OH is 1. The normalized spacial score (nSPS) is 17.9. The molecule has 1 N–H and O–H groups in total. The van der Waals surface area contributed by atoms with Crippen LogP contribution in [0.25, 0.3) is 5.76 Å². The van der Waals surface area contributed by atoms with Gasteiger partial charge in [0.25, 0.3) is 17.4 Å². The summed E-state index contributed by atoms with van der Waals surface area (Å²) in [6, 6.07) is 12.8. The van der Waals surface area contributed by atoms with Crippen LogP contribution in [0.2, 0.25) is 0 Å². The van der Waals surface area contributed by atoms with E-state index in [-0.39, 0.29) is 22.6 Å². The average molecular weight is 418 g/mol. The van der Waals surface area contributed by atoms with Crippen LogP contribution >= 0.6 is 0 Å². The fourth-order valence-corrected chi connectivity index (χ4v) is 3.72. The molecule has 1 aromatic heterocycles. The molecule has 31 heavy (non-hydrogen) atoms. The summed E-state index contributed by atoms with van der Waals surface area (Å²) >= 11 is 0. The zero-order chi connectivity index (χ0) is 22.3. The van der Waals surface area contributed by atoms with Gasteiger partial charge < -0.3 is 9.52 Å². The monoisotopic (exact) mass is 418 g/mol. The number of ketones is 1. The molecule has 0 spiro atoms. The van der Waals surface area contributed by atoms with Crippen molar-refractivity contribution in [2.75, 3.05) is 4.90 Å². The molecule has 0 bridgehead atoms. The Hall–Kier alpha value is -4.20. The molecule has 1 fully saturated rings. The highest BCUT2D eigenvalue weighted by Crippen LogP contribution is 2.43. The number of Topliss-reactive ketones (excluding diaryl/α,β-unsaturated/α-hetero) is 1. The van der Waals surface area contributed by atoms with Gasteiger partial charge in [-0.3, -0.25) is 24.6 Å². The second-order valence-electron chi connectivity index (χ2n) is 7.21. The minimum absolute atomic E-state index is 0.0599. The number of hydrogen-bond donors (Lipinski definition) is 1. The molecule has 8 nitrogen and oxygen atoms in total. The van der Waals surface area contributed by atoms with Gasteiger partial charge in [0, 0.05) is 23.4 Å². The van der Waals surface area contributed by atoms with Gasteiger partial charge in [0.2, 0.25) is 0 Å². The predicted octanol–water partition coefficient (Wildman–Crippen LogP) is 4.43. The van der Waals surface area contributed by atoms with Crippen molar-refractivity contribution in [3.05, 3.63) is 99.0 Å². The lowest BCUT2D eigenvalue weighted by Crippen LogP contribution is -2.30. The summed E-state index contributed by atoms with van der Waals surface area (Å²) in [6.45, 7) is 3.73. The van der Waals surface area contributed by atoms with Crippen LogP contribution in [0.5, 0.6) is 0 Å². The first-order valence-electron chi connectivity index (χ1n) is 9.46. The largest absolute Gasteiger partial charge is 0.507 e. The molecule has 1 amide bonds. The zero-order valence-corrected chi connectivity index (χ0v) is 16.7. The Kier molecular flexibility index (Phi) is 4.90. The smallest absolute Gasteiger partial charge is 0.300 e. The first kappa shape index (κ1) is 20.1. The lowest BCUT2D eigenvalue weighted by Gasteiger charge is -2.25. The summed E-state index contributed by atoms with van der Waals surface area (Å²) in [5, 5.41) is 22.1. The molecule has 1 saturated heterocycles. The van der Waals surface area contributed by atoms with Gasteiger partial charge in [0.15, 0.2) is 0 Å². The summed E-state index contributed by atoms with van der Waals surface area (Å²) < 4.78 is 5.51. The maximum absolute atomic E-state index is 13.1. The molecule has 3 aromatic rings. The number of anilines is 1. The van der Waals surface area contributed by atoms with Gasteiger partial charge in [-0.05, 0) is 43.2 Å². The molecule has 1 atom stereocenters. The molecule has 0 aliphatic carbocycles. The summed E-state index contributed by atoms with van der Waals surface area (Å²) in [7, 11) is 0. The first-order valence-corrected chi connectivity index (χ1v) is 9.46. The van der Waals surface area contributed by atoms with Crippen LogP contribution < -0.4 is 4.90 Å². The van der Waals surface area contributed by atoms with Crippen LogP contribution in [0, 0.1) is 24.0 Å². The Labute approximate surface area is 177 Å². The van der Waals surface area contributed by atoms with Crippen LogP contribution in [-0.4, -0.2) is 21.7 Å². The van der Waals surface area contributed by atoms with Crippen molar-refractivity contribution in [2.45, 2.75) is 19.9 Å². The van der Waals surface area contributed by atoms with Crippen molar-refractivity contribution in [3.63, 3.8) is 0 Å². The Balaban J connectivity index is 1.96. The molecule has 8 heteroatoms. The summed E-state index contributed by atoms with van der Waals surface area (Å²) in [5.74, 6) is -1.93. The third-order valence-corrected chi connectivity index (χ3v) is 5.42. The summed E-state index contributed by atoms with van der Waals surface area (Å²) in [6.07, 6.45) is 1.41. The van der Waals surface area contributed by atoms with Gasteiger partial charge in [-0.2, -0.15) is 0 Å². The number of hydrogen-bond acceptors (Lipinski definition) is 6. The maximum Gasteiger partial charge on any atom is 0.300 e. The highest BCUT2D eigenvalue weighted by atomic mass is 16.6. The van der Waals surface area contributed by atoms with Crippen LogP contribution in [0.3, 0.4) is 0 Å². The minimum atomic E-state index is -1.02. The number of rotatable bonds is 4. The number of carbonyl (C=O) groups is 2. The second-order valence-corrected chi connectivity index (χ2v) is 7.21. The number of carbonyl (C=O) groups excluding carboxylic acids is 2. The van der Waals surface area contributed by atoms with Crippen molar-refractivity contribution >= 4 is 28.8 Å². The standard InChI is InChI=1S/C23H18N2O6/c1-13-6-3-9-17(14(13)2)24-20(18-10-5-11-31-18)19(22(27)23(24)28)21(26)15-7-4-8-16(12-15)25(29)30/h3-12,20,26H,1-2H3/b21-19-. The third-order valence-electron chi connectivity index (χ3n) is 5.42. The highest BCUT2D eigenvalue weighted by molar-refractivity contribution is 6.51. The Morgan fingerprint density at radius 3 is 2.52 bits per heavy atom. The number of amides is 1. The SMILES string of the molecule is Cc1cccc(N2C(=O)C(=O)/C(=C(\O)c3cccc([N+](=O)[O-])c3)C2c2ccco2)c1C. The number of furan rings is 1. The number of aryl methyl sites for hydroxylation is 1. The maximum atomic E-state index is 13.1. The van der Waals surface area contributed by atoms with E-state index in [0.717, 1.165) is 17.2 Å². The van der Waals surface area contributed by atoms with Crippen molar-refractivity contribution < 1.29 is 24.0 Å². The van der Waals surface area contributed by atoms with Crippen molar-refractivity contribution in [1.82, 2.24) is 0 Å². The van der Waals surface area contributed by atoms with Crippen molar-refractivity contribution in [1.29, 1.82) is 0 Å². The van der Waals surface area contributed by atoms with Gasteiger partial charge in [-0.15, -0.1) is 0 Å². The van der Waals surface area contributed by atoms with Gasteiger partial charge in [-0.25, -0.2) is 0 Å². The highest BCUT2D eigenvalue weighted by Gasteiger charge is 2.48. The number of nitro groups is 1. The van der Waals surface area contributed by atoms with Crippen LogP contribution in [0.4, 0.5) is 11.4 Å². The van der Waals surface area contributed by atoms with Crippen molar-refractivity contribution in [3.8, 4) is 0 Å². The lowest BCUT2D eigenvalue weighted by molar-refractivity contribution is -0.384. The van der Waals surface area contributed by atoms with Gasteiger partial charge in [0.05, 0.1) is 16.8 Å². The molecule has 2 heterocycles. The number of nitro benzene ring substituents is 1. The third kappa shape index (κ3) is 3.28. The van der Waals surface area contributed by atoms with E-state index < -0.39 is 28.4 Å². The molecule has 0 radical (unpaired) electrons. The van der Waals surface area contributed by atoms with E-state index in [0.29, 0.717) is 5.69 Å². The predicted molar refractivity (Wildman–Crippen MR) is 113 cm³/mol. The average Bonchev–Trinajstić information content (AvgIpc) is 3.37. The molecule has 1 aliphatic rings. The fraction of sp³-hybridized carbons (Fsp3) is 0.130. The molecule has 4 rings (SSSR count). The molecule has 1 aliphatic heterocycles. The van der Waals surface area contributed by atoms with Crippen molar-refractivity contribution in [2.24, 2.45) is 0 Å². The van der Waals surface area contributed by atoms with Gasteiger partial charge in [0.1, 0.15) is 17.6 Å². The van der Waals surface area contributed by atoms with E-state index in [4.69, 9.17) is 4.42 Å². The number of aliphatic hydroxyl groups is 1. The molecule has 0 saturated carbocycles. The fourth-order valence-electron chi connectivity index (χ4n) is 3.72. The lowest BCUT2D eigenvalue weighted by atomic mass is 9.98. The second kappa shape index (κ2) is 7.56. The quantitative estimate of drug-likeness (QED) is 0.220. The number of benzene rings is 2. The van der Waals surface area contributed by atoms with E-state index in [1.807, 2.05) is 19.9 Å². The number of non-ortho nitro benzene ring substituents is 1. The van der Waals surface area contributed by atoms with E-state index >= 15 is 0 Å². The van der Waals surface area contributed by atoms with E-state index in [1.165, 1.54) is 29.4 Å². The van der Waals surface area contributed by atoms with E-state index in [1.54, 1.807) is 24.3 Å². The Bertz CT molecular complexity index is 1240. The zero-order valence-electron chi connectivity index (χ0n) is 16.7. The molecule has 2 aromatic carbocycles. The molecular weight excluding hydrogens is 400 g/mol. The number of nitrogens with zero attached hydrogens (tertiary/aromatic N) is 2. The Morgan fingerprint density at radius 1 is 1.10 bits per heavy atom. The summed E-state index contributed by atoms with van der Waals surface area (Å²) in [5.41, 5.74) is 1.86. The van der Waals surface area contributed by atoms with Crippen LogP contribution in [0.15, 0.2) is 70.9 Å². The van der Waals surface area contributed by atoms with Crippen LogP contribution in [-0.2, 0) is 9.59 Å². The summed E-state index contributed by atoms with van der Waals surface area (Å²) in [4.78, 5) is 37.9.